The van der Waals surface area contributed by atoms with E-state index in [0.717, 1.165) is 0 Å². The molecule has 0 unspecified atom stereocenters. The molecule has 10 heteroatoms. The van der Waals surface area contributed by atoms with Crippen LogP contribution in [0.1, 0.15) is 40.2 Å². The maximum Gasteiger partial charge on any atom is 0.410 e. The number of amides is 1. The second-order valence-corrected chi connectivity index (χ2v) is 9.92. The highest BCUT2D eigenvalue weighted by Crippen LogP contribution is 2.42. The molecule has 1 amide bonds. The van der Waals surface area contributed by atoms with Gasteiger partial charge in [-0.25, -0.2) is 4.79 Å². The normalized spacial score (nSPS) is 19.4. The first kappa shape index (κ1) is 23.2. The number of phenols is 1. The van der Waals surface area contributed by atoms with Crippen LogP contribution < -0.4 is 10.5 Å². The Hall–Kier alpha value is -2.44. The molecule has 2 aromatic rings. The summed E-state index contributed by atoms with van der Waals surface area (Å²) in [4.78, 5) is 31.4. The maximum absolute atomic E-state index is 12.7. The molecule has 8 nitrogen and oxygen atoms in total. The topological polar surface area (TPSA) is 110 Å². The largest absolute Gasteiger partial charge is 0.505 e. The number of aromatic nitrogens is 1. The third-order valence-electron chi connectivity index (χ3n) is 5.17. The number of aromatic hydroxyl groups is 1. The summed E-state index contributed by atoms with van der Waals surface area (Å²) in [5.74, 6) is -0.210. The van der Waals surface area contributed by atoms with Gasteiger partial charge in [-0.15, -0.1) is 0 Å². The van der Waals surface area contributed by atoms with Gasteiger partial charge in [-0.3, -0.25) is 4.79 Å². The van der Waals surface area contributed by atoms with Crippen molar-refractivity contribution in [3.05, 3.63) is 31.5 Å². The van der Waals surface area contributed by atoms with Crippen LogP contribution in [0.4, 0.5) is 10.5 Å². The standard InChI is InChI=1S/C21H24BrClN4O4/c1-10-9-27(20(30)31-21(3,4)5)11(2)8-26(10)17-12-6-14(23)15(22)18(28)16(12)25-19(29)13(17)7-24/h6,10-11,28H,8-9H2,1-5H3,(H,25,29)/t10-,11-/m0/s1. The molecule has 31 heavy (non-hydrogen) atoms. The van der Waals surface area contributed by atoms with Crippen molar-refractivity contribution in [3.8, 4) is 11.8 Å². The SMILES string of the molecule is C[C@H]1CN(c2c(C#N)c(=O)[nH]c3c(O)c(Br)c(Cl)cc23)[C@@H](C)CN1C(=O)OC(C)(C)C. The monoisotopic (exact) mass is 510 g/mol. The van der Waals surface area contributed by atoms with Crippen molar-refractivity contribution in [2.45, 2.75) is 52.3 Å². The van der Waals surface area contributed by atoms with Gasteiger partial charge in [-0.1, -0.05) is 11.6 Å². The van der Waals surface area contributed by atoms with Crippen LogP contribution in [0.5, 0.6) is 5.75 Å². The Labute approximate surface area is 193 Å². The molecule has 1 aromatic carbocycles. The van der Waals surface area contributed by atoms with Gasteiger partial charge in [0.1, 0.15) is 17.2 Å². The summed E-state index contributed by atoms with van der Waals surface area (Å²) in [7, 11) is 0. The van der Waals surface area contributed by atoms with Crippen LogP contribution in [0.3, 0.4) is 0 Å². The minimum absolute atomic E-state index is 0.0740. The third-order valence-corrected chi connectivity index (χ3v) is 6.49. The molecular weight excluding hydrogens is 488 g/mol. The minimum Gasteiger partial charge on any atom is -0.505 e. The van der Waals surface area contributed by atoms with Crippen LogP contribution in [0, 0.1) is 11.3 Å². The number of hydrogen-bond donors (Lipinski definition) is 2. The Balaban J connectivity index is 2.11. The number of pyridine rings is 1. The van der Waals surface area contributed by atoms with Crippen molar-refractivity contribution in [2.75, 3.05) is 18.0 Å². The lowest BCUT2D eigenvalue weighted by molar-refractivity contribution is 0.0130. The second-order valence-electron chi connectivity index (χ2n) is 8.72. The van der Waals surface area contributed by atoms with Gasteiger partial charge in [-0.2, -0.15) is 5.26 Å². The Morgan fingerprint density at radius 2 is 2.00 bits per heavy atom. The predicted molar refractivity (Wildman–Crippen MR) is 123 cm³/mol. The minimum atomic E-state index is -0.615. The number of phenolic OH excluding ortho intramolecular Hbond substituents is 1. The van der Waals surface area contributed by atoms with Crippen molar-refractivity contribution in [1.29, 1.82) is 5.26 Å². The molecule has 1 aliphatic rings. The fraction of sp³-hybridized carbons (Fsp3) is 0.476. The summed E-state index contributed by atoms with van der Waals surface area (Å²) in [6.45, 7) is 9.91. The van der Waals surface area contributed by atoms with Crippen molar-refractivity contribution in [3.63, 3.8) is 0 Å². The Morgan fingerprint density at radius 3 is 2.58 bits per heavy atom. The molecule has 0 aliphatic carbocycles. The quantitative estimate of drug-likeness (QED) is 0.589. The van der Waals surface area contributed by atoms with Gasteiger partial charge >= 0.3 is 6.09 Å². The highest BCUT2D eigenvalue weighted by Gasteiger charge is 2.36. The fourth-order valence-corrected chi connectivity index (χ4v) is 4.27. The van der Waals surface area contributed by atoms with E-state index in [2.05, 4.69) is 20.9 Å². The lowest BCUT2D eigenvalue weighted by Crippen LogP contribution is -2.59. The zero-order chi connectivity index (χ0) is 23.2. The van der Waals surface area contributed by atoms with Gasteiger partial charge in [0.05, 0.1) is 20.7 Å². The first-order valence-corrected chi connectivity index (χ1v) is 11.0. The van der Waals surface area contributed by atoms with E-state index in [-0.39, 0.29) is 38.4 Å². The molecular formula is C21H24BrClN4O4. The highest BCUT2D eigenvalue weighted by atomic mass is 79.9. The van der Waals surface area contributed by atoms with Gasteiger partial charge in [0.15, 0.2) is 5.75 Å². The summed E-state index contributed by atoms with van der Waals surface area (Å²) in [6.07, 6.45) is -0.410. The number of ether oxygens (including phenoxy) is 1. The van der Waals surface area contributed by atoms with Crippen LogP contribution in [0.15, 0.2) is 15.3 Å². The number of nitriles is 1. The van der Waals surface area contributed by atoms with E-state index in [9.17, 15) is 20.0 Å². The second kappa shape index (κ2) is 8.24. The van der Waals surface area contributed by atoms with Crippen LogP contribution in [-0.4, -0.2) is 51.9 Å². The molecule has 2 heterocycles. The van der Waals surface area contributed by atoms with Crippen molar-refractivity contribution in [2.24, 2.45) is 0 Å². The number of hydrogen-bond acceptors (Lipinski definition) is 6. The van der Waals surface area contributed by atoms with E-state index in [0.29, 0.717) is 24.2 Å². The van der Waals surface area contributed by atoms with Crippen molar-refractivity contribution >= 4 is 50.2 Å². The van der Waals surface area contributed by atoms with E-state index < -0.39 is 17.3 Å². The Morgan fingerprint density at radius 1 is 1.35 bits per heavy atom. The molecule has 1 aromatic heterocycles. The molecule has 166 valence electrons. The van der Waals surface area contributed by atoms with Crippen molar-refractivity contribution in [1.82, 2.24) is 9.88 Å². The maximum atomic E-state index is 12.7. The molecule has 1 saturated heterocycles. The third kappa shape index (κ3) is 4.32. The number of H-pyrrole nitrogens is 1. The molecule has 0 radical (unpaired) electrons. The smallest absolute Gasteiger partial charge is 0.410 e. The lowest BCUT2D eigenvalue weighted by atomic mass is 10.0. The average molecular weight is 512 g/mol. The number of anilines is 1. The van der Waals surface area contributed by atoms with E-state index in [1.54, 1.807) is 11.0 Å². The zero-order valence-electron chi connectivity index (χ0n) is 17.9. The van der Waals surface area contributed by atoms with Gasteiger partial charge in [0.25, 0.3) is 5.56 Å². The number of carbonyl (C=O) groups is 1. The van der Waals surface area contributed by atoms with Crippen LogP contribution in [0.25, 0.3) is 10.9 Å². The number of benzene rings is 1. The molecule has 0 saturated carbocycles. The Bertz CT molecular complexity index is 1150. The summed E-state index contributed by atoms with van der Waals surface area (Å²) in [5, 5.41) is 20.9. The number of piperazine rings is 1. The number of aromatic amines is 1. The van der Waals surface area contributed by atoms with E-state index in [4.69, 9.17) is 16.3 Å². The van der Waals surface area contributed by atoms with E-state index >= 15 is 0 Å². The number of carbonyl (C=O) groups excluding carboxylic acids is 1. The number of nitrogens with one attached hydrogen (secondary N) is 1. The number of fused-ring (bicyclic) bond motifs is 1. The Kier molecular flexibility index (Phi) is 6.18. The first-order valence-electron chi connectivity index (χ1n) is 9.79. The van der Waals surface area contributed by atoms with Gasteiger partial charge < -0.3 is 24.6 Å². The summed E-state index contributed by atoms with van der Waals surface area (Å²) >= 11 is 9.47. The van der Waals surface area contributed by atoms with Crippen LogP contribution in [-0.2, 0) is 4.74 Å². The average Bonchev–Trinajstić information content (AvgIpc) is 2.66. The molecule has 1 aliphatic heterocycles. The first-order chi connectivity index (χ1) is 14.4. The lowest BCUT2D eigenvalue weighted by Gasteiger charge is -2.45. The van der Waals surface area contributed by atoms with Gasteiger partial charge in [-0.05, 0) is 56.6 Å². The van der Waals surface area contributed by atoms with Crippen molar-refractivity contribution < 1.29 is 14.6 Å². The summed E-state index contributed by atoms with van der Waals surface area (Å²) < 4.78 is 5.78. The van der Waals surface area contributed by atoms with Crippen LogP contribution in [0.2, 0.25) is 5.02 Å². The summed E-state index contributed by atoms with van der Waals surface area (Å²) in [6, 6.07) is 3.11. The molecule has 1 fully saturated rings. The predicted octanol–water partition coefficient (Wildman–Crippen LogP) is 4.36. The molecule has 2 N–H and O–H groups in total. The van der Waals surface area contributed by atoms with Gasteiger partial charge in [0.2, 0.25) is 0 Å². The number of nitrogens with zero attached hydrogens (tertiary/aromatic N) is 3. The molecule has 0 spiro atoms. The highest BCUT2D eigenvalue weighted by molar-refractivity contribution is 9.10. The molecule has 3 rings (SSSR count). The number of rotatable bonds is 1. The van der Waals surface area contributed by atoms with Gasteiger partial charge in [0, 0.05) is 30.6 Å². The van der Waals surface area contributed by atoms with E-state index in [1.165, 1.54) is 0 Å². The summed E-state index contributed by atoms with van der Waals surface area (Å²) in [5.41, 5.74) is -0.728. The number of halogens is 2. The van der Waals surface area contributed by atoms with E-state index in [1.807, 2.05) is 45.6 Å². The zero-order valence-corrected chi connectivity index (χ0v) is 20.3. The van der Waals surface area contributed by atoms with Crippen LogP contribution >= 0.6 is 27.5 Å². The fourth-order valence-electron chi connectivity index (χ4n) is 3.76. The molecule has 2 atom stereocenters. The molecule has 0 bridgehead atoms.